The predicted molar refractivity (Wildman–Crippen MR) is 77.0 cm³/mol. The fraction of sp³-hybridized carbons (Fsp3) is 0.0769. The molecule has 0 bridgehead atoms. The van der Waals surface area contributed by atoms with Crippen LogP contribution in [0.25, 0.3) is 0 Å². The van der Waals surface area contributed by atoms with Gasteiger partial charge in [0.15, 0.2) is 0 Å². The van der Waals surface area contributed by atoms with Gasteiger partial charge in [-0.25, -0.2) is 0 Å². The zero-order valence-electron chi connectivity index (χ0n) is 9.00. The monoisotopic (exact) mass is 320 g/mol. The van der Waals surface area contributed by atoms with E-state index in [1.807, 2.05) is 0 Å². The van der Waals surface area contributed by atoms with Crippen LogP contribution in [0.3, 0.4) is 0 Å². The highest BCUT2D eigenvalue weighted by atomic mass is 35.5. The fourth-order valence-corrected chi connectivity index (χ4v) is 2.66. The molecule has 0 aromatic heterocycles. The van der Waals surface area contributed by atoms with Gasteiger partial charge in [0.2, 0.25) is 0 Å². The topological polar surface area (TPSA) is 20.2 Å². The summed E-state index contributed by atoms with van der Waals surface area (Å²) in [5.41, 5.74) is 0.893. The van der Waals surface area contributed by atoms with Crippen LogP contribution in [-0.2, 0) is 0 Å². The maximum absolute atomic E-state index is 10.3. The number of halogens is 4. The lowest BCUT2D eigenvalue weighted by Gasteiger charge is -2.16. The molecule has 1 atom stereocenters. The third-order valence-corrected chi connectivity index (χ3v) is 3.76. The van der Waals surface area contributed by atoms with Crippen molar-refractivity contribution in [1.82, 2.24) is 0 Å². The van der Waals surface area contributed by atoms with Crippen molar-refractivity contribution in [2.24, 2.45) is 0 Å². The van der Waals surface area contributed by atoms with E-state index in [4.69, 9.17) is 46.4 Å². The van der Waals surface area contributed by atoms with Crippen LogP contribution < -0.4 is 0 Å². The van der Waals surface area contributed by atoms with E-state index in [9.17, 15) is 5.11 Å². The van der Waals surface area contributed by atoms with E-state index in [1.54, 1.807) is 36.4 Å². The highest BCUT2D eigenvalue weighted by Crippen LogP contribution is 2.37. The number of hydrogen-bond acceptors (Lipinski definition) is 1. The Morgan fingerprint density at radius 2 is 1.44 bits per heavy atom. The molecular formula is C13H8Cl4O. The molecule has 0 saturated carbocycles. The van der Waals surface area contributed by atoms with E-state index in [0.717, 1.165) is 0 Å². The highest BCUT2D eigenvalue weighted by Gasteiger charge is 2.19. The van der Waals surface area contributed by atoms with Crippen LogP contribution in [0.2, 0.25) is 20.1 Å². The molecule has 0 saturated heterocycles. The summed E-state index contributed by atoms with van der Waals surface area (Å²) < 4.78 is 0. The largest absolute Gasteiger partial charge is 0.383 e. The number of aliphatic hydroxyl groups excluding tert-OH is 1. The zero-order valence-corrected chi connectivity index (χ0v) is 12.0. The second-order valence-electron chi connectivity index (χ2n) is 3.70. The summed E-state index contributed by atoms with van der Waals surface area (Å²) in [5.74, 6) is 0. The molecule has 0 heterocycles. The predicted octanol–water partition coefficient (Wildman–Crippen LogP) is 5.38. The molecule has 5 heteroatoms. The standard InChI is InChI=1S/C13H8Cl4O/c14-7-4-5-9(15)8(6-7)13(18)12-10(16)2-1-3-11(12)17/h1-6,13,18H. The van der Waals surface area contributed by atoms with Gasteiger partial charge in [0.1, 0.15) is 6.10 Å². The van der Waals surface area contributed by atoms with Gasteiger partial charge in [-0.15, -0.1) is 0 Å². The Labute approximate surface area is 125 Å². The lowest BCUT2D eigenvalue weighted by atomic mass is 10.0. The molecule has 1 nitrogen and oxygen atoms in total. The van der Waals surface area contributed by atoms with Gasteiger partial charge in [-0.3, -0.25) is 0 Å². The average Bonchev–Trinajstić information content (AvgIpc) is 2.32. The molecule has 0 aliphatic rings. The Kier molecular flexibility index (Phi) is 4.41. The summed E-state index contributed by atoms with van der Waals surface area (Å²) in [6.07, 6.45) is -1.02. The Morgan fingerprint density at radius 3 is 2.06 bits per heavy atom. The van der Waals surface area contributed by atoms with Crippen molar-refractivity contribution in [1.29, 1.82) is 0 Å². The molecule has 0 spiro atoms. The number of rotatable bonds is 2. The average molecular weight is 322 g/mol. The fourth-order valence-electron chi connectivity index (χ4n) is 1.65. The summed E-state index contributed by atoms with van der Waals surface area (Å²) in [7, 11) is 0. The second kappa shape index (κ2) is 5.68. The maximum Gasteiger partial charge on any atom is 0.108 e. The molecule has 1 unspecified atom stereocenters. The lowest BCUT2D eigenvalue weighted by molar-refractivity contribution is 0.220. The quantitative estimate of drug-likeness (QED) is 0.787. The summed E-state index contributed by atoms with van der Waals surface area (Å²) in [4.78, 5) is 0. The molecule has 2 aromatic carbocycles. The lowest BCUT2D eigenvalue weighted by Crippen LogP contribution is -2.02. The van der Waals surface area contributed by atoms with Gasteiger partial charge in [-0.05, 0) is 30.3 Å². The van der Waals surface area contributed by atoms with Crippen LogP contribution in [-0.4, -0.2) is 5.11 Å². The first kappa shape index (κ1) is 14.0. The minimum absolute atomic E-state index is 0.381. The van der Waals surface area contributed by atoms with Crippen molar-refractivity contribution in [3.05, 3.63) is 67.6 Å². The number of hydrogen-bond donors (Lipinski definition) is 1. The Bertz CT molecular complexity index is 563. The molecule has 94 valence electrons. The van der Waals surface area contributed by atoms with Crippen LogP contribution in [0.4, 0.5) is 0 Å². The van der Waals surface area contributed by atoms with E-state index in [2.05, 4.69) is 0 Å². The summed E-state index contributed by atoms with van der Waals surface area (Å²) in [5, 5.41) is 12.0. The van der Waals surface area contributed by atoms with Crippen molar-refractivity contribution in [2.75, 3.05) is 0 Å². The highest BCUT2D eigenvalue weighted by molar-refractivity contribution is 6.36. The first-order valence-electron chi connectivity index (χ1n) is 5.07. The Balaban J connectivity index is 2.54. The number of benzene rings is 2. The first-order valence-corrected chi connectivity index (χ1v) is 6.59. The Hall–Kier alpha value is -0.440. The SMILES string of the molecule is OC(c1cc(Cl)ccc1Cl)c1c(Cl)cccc1Cl. The molecule has 0 aliphatic heterocycles. The van der Waals surface area contributed by atoms with E-state index in [0.29, 0.717) is 31.2 Å². The van der Waals surface area contributed by atoms with Crippen LogP contribution in [0.15, 0.2) is 36.4 Å². The normalized spacial score (nSPS) is 12.5. The summed E-state index contributed by atoms with van der Waals surface area (Å²) >= 11 is 24.0. The molecule has 0 radical (unpaired) electrons. The van der Waals surface area contributed by atoms with Crippen molar-refractivity contribution >= 4 is 46.4 Å². The van der Waals surface area contributed by atoms with Crippen molar-refractivity contribution in [3.63, 3.8) is 0 Å². The molecule has 2 aromatic rings. The second-order valence-corrected chi connectivity index (χ2v) is 5.36. The molecule has 1 N–H and O–H groups in total. The van der Waals surface area contributed by atoms with Gasteiger partial charge in [-0.2, -0.15) is 0 Å². The van der Waals surface area contributed by atoms with E-state index < -0.39 is 6.10 Å². The van der Waals surface area contributed by atoms with Crippen LogP contribution in [0, 0.1) is 0 Å². The van der Waals surface area contributed by atoms with Crippen LogP contribution >= 0.6 is 46.4 Å². The van der Waals surface area contributed by atoms with Crippen LogP contribution in [0.1, 0.15) is 17.2 Å². The van der Waals surface area contributed by atoms with Crippen molar-refractivity contribution in [2.45, 2.75) is 6.10 Å². The van der Waals surface area contributed by atoms with Crippen molar-refractivity contribution < 1.29 is 5.11 Å². The maximum atomic E-state index is 10.3. The van der Waals surface area contributed by atoms with E-state index in [1.165, 1.54) is 0 Å². The summed E-state index contributed by atoms with van der Waals surface area (Å²) in [6, 6.07) is 9.88. The third kappa shape index (κ3) is 2.76. The van der Waals surface area contributed by atoms with E-state index >= 15 is 0 Å². The summed E-state index contributed by atoms with van der Waals surface area (Å²) in [6.45, 7) is 0. The van der Waals surface area contributed by atoms with Gasteiger partial charge in [0, 0.05) is 31.2 Å². The third-order valence-electron chi connectivity index (χ3n) is 2.53. The first-order chi connectivity index (χ1) is 8.50. The molecule has 0 amide bonds. The number of aliphatic hydroxyl groups is 1. The van der Waals surface area contributed by atoms with Gasteiger partial charge >= 0.3 is 0 Å². The molecular weight excluding hydrogens is 314 g/mol. The Morgan fingerprint density at radius 1 is 0.833 bits per heavy atom. The van der Waals surface area contributed by atoms with Gasteiger partial charge in [-0.1, -0.05) is 52.5 Å². The van der Waals surface area contributed by atoms with Gasteiger partial charge in [0.25, 0.3) is 0 Å². The van der Waals surface area contributed by atoms with E-state index in [-0.39, 0.29) is 0 Å². The van der Waals surface area contributed by atoms with Gasteiger partial charge in [0.05, 0.1) is 0 Å². The van der Waals surface area contributed by atoms with Crippen molar-refractivity contribution in [3.8, 4) is 0 Å². The van der Waals surface area contributed by atoms with Gasteiger partial charge < -0.3 is 5.11 Å². The molecule has 0 fully saturated rings. The molecule has 2 rings (SSSR count). The zero-order chi connectivity index (χ0) is 13.3. The smallest absolute Gasteiger partial charge is 0.108 e. The minimum atomic E-state index is -1.02. The minimum Gasteiger partial charge on any atom is -0.383 e. The molecule has 0 aliphatic carbocycles. The van der Waals surface area contributed by atoms with Crippen LogP contribution in [0.5, 0.6) is 0 Å². The molecule has 18 heavy (non-hydrogen) atoms.